The van der Waals surface area contributed by atoms with Gasteiger partial charge in [0.2, 0.25) is 0 Å². The van der Waals surface area contributed by atoms with E-state index in [0.29, 0.717) is 36.3 Å². The number of halogens is 1. The summed E-state index contributed by atoms with van der Waals surface area (Å²) in [4.78, 5) is 19.8. The Kier molecular flexibility index (Phi) is 3.15. The number of hydrogen-bond donors (Lipinski definition) is 2. The second kappa shape index (κ2) is 4.97. The number of benzene rings is 1. The summed E-state index contributed by atoms with van der Waals surface area (Å²) in [6, 6.07) is 5.82. The molecule has 6 heteroatoms. The van der Waals surface area contributed by atoms with Gasteiger partial charge < -0.3 is 10.4 Å². The van der Waals surface area contributed by atoms with Crippen LogP contribution in [0.25, 0.3) is 11.4 Å². The van der Waals surface area contributed by atoms with E-state index >= 15 is 0 Å². The predicted molar refractivity (Wildman–Crippen MR) is 69.8 cm³/mol. The molecule has 0 radical (unpaired) electrons. The summed E-state index contributed by atoms with van der Waals surface area (Å²) in [5, 5.41) is 12.4. The fourth-order valence-corrected chi connectivity index (χ4v) is 2.29. The van der Waals surface area contributed by atoms with Gasteiger partial charge in [0, 0.05) is 17.7 Å². The lowest BCUT2D eigenvalue weighted by atomic mass is 10.0. The predicted octanol–water partition coefficient (Wildman–Crippen LogP) is 1.63. The average Bonchev–Trinajstić information content (AvgIpc) is 2.46. The van der Waals surface area contributed by atoms with Crippen molar-refractivity contribution in [2.24, 2.45) is 0 Å². The first-order valence-corrected chi connectivity index (χ1v) is 6.25. The molecule has 0 bridgehead atoms. The lowest BCUT2D eigenvalue weighted by Gasteiger charge is -2.18. The van der Waals surface area contributed by atoms with Crippen molar-refractivity contribution in [1.82, 2.24) is 15.3 Å². The summed E-state index contributed by atoms with van der Waals surface area (Å²) in [5.41, 5.74) is 1.82. The summed E-state index contributed by atoms with van der Waals surface area (Å²) in [7, 11) is 0. The normalized spacial score (nSPS) is 13.8. The molecule has 1 aromatic heterocycles. The van der Waals surface area contributed by atoms with E-state index in [9.17, 15) is 14.3 Å². The Morgan fingerprint density at radius 1 is 1.35 bits per heavy atom. The van der Waals surface area contributed by atoms with Gasteiger partial charge in [0.25, 0.3) is 0 Å². The third-order valence-corrected chi connectivity index (χ3v) is 3.22. The summed E-state index contributed by atoms with van der Waals surface area (Å²) in [6.45, 7) is 1.20. The topological polar surface area (TPSA) is 75.1 Å². The molecule has 2 heterocycles. The maximum absolute atomic E-state index is 13.3. The van der Waals surface area contributed by atoms with Crippen LogP contribution in [-0.4, -0.2) is 27.6 Å². The highest BCUT2D eigenvalue weighted by Gasteiger charge is 2.22. The minimum Gasteiger partial charge on any atom is -0.476 e. The summed E-state index contributed by atoms with van der Waals surface area (Å²) in [5.74, 6) is -1.24. The number of hydrogen-bond acceptors (Lipinski definition) is 4. The zero-order valence-electron chi connectivity index (χ0n) is 10.6. The molecular weight excluding hydrogens is 261 g/mol. The number of aromatic carboxylic acids is 1. The monoisotopic (exact) mass is 273 g/mol. The number of fused-ring (bicyclic) bond motifs is 1. The Morgan fingerprint density at radius 3 is 2.95 bits per heavy atom. The highest BCUT2D eigenvalue weighted by molar-refractivity contribution is 5.88. The molecule has 2 aromatic rings. The molecule has 1 aromatic carbocycles. The Hall–Kier alpha value is -2.34. The van der Waals surface area contributed by atoms with Crippen molar-refractivity contribution < 1.29 is 14.3 Å². The molecule has 2 N–H and O–H groups in total. The first-order valence-electron chi connectivity index (χ1n) is 6.25. The Labute approximate surface area is 114 Å². The van der Waals surface area contributed by atoms with Gasteiger partial charge >= 0.3 is 5.97 Å². The fourth-order valence-electron chi connectivity index (χ4n) is 2.29. The maximum Gasteiger partial charge on any atom is 0.354 e. The van der Waals surface area contributed by atoms with E-state index in [-0.39, 0.29) is 11.5 Å². The van der Waals surface area contributed by atoms with Gasteiger partial charge in [-0.15, -0.1) is 0 Å². The fraction of sp³-hybridized carbons (Fsp3) is 0.214. The van der Waals surface area contributed by atoms with Crippen LogP contribution in [0.4, 0.5) is 4.39 Å². The van der Waals surface area contributed by atoms with Crippen molar-refractivity contribution >= 4 is 5.97 Å². The van der Waals surface area contributed by atoms with Crippen LogP contribution < -0.4 is 5.32 Å². The van der Waals surface area contributed by atoms with Crippen LogP contribution in [0.5, 0.6) is 0 Å². The van der Waals surface area contributed by atoms with Gasteiger partial charge in [-0.05, 0) is 25.1 Å². The van der Waals surface area contributed by atoms with E-state index in [1.165, 1.54) is 12.1 Å². The number of carbonyl (C=O) groups is 1. The standard InChI is InChI=1S/C14H12FN3O2/c15-9-3-1-2-8(6-9)13-17-11-7-16-5-4-10(11)12(18-13)14(19)20/h1-3,6,16H,4-5,7H2,(H,19,20). The molecule has 0 atom stereocenters. The molecule has 0 amide bonds. The second-order valence-electron chi connectivity index (χ2n) is 4.56. The molecule has 0 fully saturated rings. The van der Waals surface area contributed by atoms with Gasteiger partial charge in [0.15, 0.2) is 11.5 Å². The van der Waals surface area contributed by atoms with Gasteiger partial charge in [0.05, 0.1) is 5.69 Å². The first-order chi connectivity index (χ1) is 9.65. The van der Waals surface area contributed by atoms with Gasteiger partial charge in [-0.25, -0.2) is 19.2 Å². The largest absolute Gasteiger partial charge is 0.476 e. The van der Waals surface area contributed by atoms with E-state index < -0.39 is 11.8 Å². The molecule has 0 aliphatic carbocycles. The number of carboxylic acid groups (broad SMARTS) is 1. The van der Waals surface area contributed by atoms with E-state index in [4.69, 9.17) is 0 Å². The number of nitrogens with one attached hydrogen (secondary N) is 1. The third-order valence-electron chi connectivity index (χ3n) is 3.22. The highest BCUT2D eigenvalue weighted by atomic mass is 19.1. The van der Waals surface area contributed by atoms with Crippen LogP contribution in [0, 0.1) is 5.82 Å². The Morgan fingerprint density at radius 2 is 2.20 bits per heavy atom. The van der Waals surface area contributed by atoms with Crippen LogP contribution in [0.2, 0.25) is 0 Å². The van der Waals surface area contributed by atoms with E-state index in [0.717, 1.165) is 0 Å². The van der Waals surface area contributed by atoms with E-state index in [2.05, 4.69) is 15.3 Å². The molecule has 102 valence electrons. The SMILES string of the molecule is O=C(O)c1nc(-c2cccc(F)c2)nc2c1CCNC2. The van der Waals surface area contributed by atoms with Crippen molar-refractivity contribution in [3.63, 3.8) is 0 Å². The van der Waals surface area contributed by atoms with E-state index in [1.807, 2.05) is 0 Å². The number of carboxylic acids is 1. The zero-order chi connectivity index (χ0) is 14.1. The van der Waals surface area contributed by atoms with Crippen LogP contribution in [-0.2, 0) is 13.0 Å². The second-order valence-corrected chi connectivity index (χ2v) is 4.56. The minimum atomic E-state index is -1.08. The Balaban J connectivity index is 2.17. The quantitative estimate of drug-likeness (QED) is 0.869. The van der Waals surface area contributed by atoms with Gasteiger partial charge in [0.1, 0.15) is 5.82 Å². The molecule has 5 nitrogen and oxygen atoms in total. The smallest absolute Gasteiger partial charge is 0.354 e. The molecule has 0 saturated carbocycles. The average molecular weight is 273 g/mol. The van der Waals surface area contributed by atoms with Crippen molar-refractivity contribution in [2.75, 3.05) is 6.54 Å². The molecule has 1 aliphatic rings. The van der Waals surface area contributed by atoms with Crippen LogP contribution in [0.3, 0.4) is 0 Å². The molecule has 0 unspecified atom stereocenters. The van der Waals surface area contributed by atoms with Crippen molar-refractivity contribution in [3.05, 3.63) is 47.0 Å². The molecule has 1 aliphatic heterocycles. The molecule has 0 saturated heterocycles. The van der Waals surface area contributed by atoms with E-state index in [1.54, 1.807) is 12.1 Å². The zero-order valence-corrected chi connectivity index (χ0v) is 10.6. The lowest BCUT2D eigenvalue weighted by molar-refractivity contribution is 0.0688. The Bertz CT molecular complexity index is 688. The van der Waals surface area contributed by atoms with Gasteiger partial charge in [-0.1, -0.05) is 12.1 Å². The summed E-state index contributed by atoms with van der Waals surface area (Å²) >= 11 is 0. The molecular formula is C14H12FN3O2. The third kappa shape index (κ3) is 2.25. The highest BCUT2D eigenvalue weighted by Crippen LogP contribution is 2.22. The summed E-state index contributed by atoms with van der Waals surface area (Å²) < 4.78 is 13.3. The summed E-state index contributed by atoms with van der Waals surface area (Å²) in [6.07, 6.45) is 0.584. The van der Waals surface area contributed by atoms with Gasteiger partial charge in [-0.3, -0.25) is 0 Å². The van der Waals surface area contributed by atoms with Crippen molar-refractivity contribution in [1.29, 1.82) is 0 Å². The molecule has 20 heavy (non-hydrogen) atoms. The minimum absolute atomic E-state index is 0.00996. The number of rotatable bonds is 2. The van der Waals surface area contributed by atoms with Gasteiger partial charge in [-0.2, -0.15) is 0 Å². The van der Waals surface area contributed by atoms with Crippen LogP contribution in [0.15, 0.2) is 24.3 Å². The van der Waals surface area contributed by atoms with Crippen molar-refractivity contribution in [3.8, 4) is 11.4 Å². The van der Waals surface area contributed by atoms with Crippen LogP contribution >= 0.6 is 0 Å². The van der Waals surface area contributed by atoms with Crippen LogP contribution in [0.1, 0.15) is 21.7 Å². The lowest BCUT2D eigenvalue weighted by Crippen LogP contribution is -2.27. The number of nitrogens with zero attached hydrogens (tertiary/aromatic N) is 2. The first kappa shape index (κ1) is 12.7. The van der Waals surface area contributed by atoms with Crippen molar-refractivity contribution in [2.45, 2.75) is 13.0 Å². The maximum atomic E-state index is 13.3. The molecule has 0 spiro atoms. The number of aromatic nitrogens is 2. The molecule has 3 rings (SSSR count).